The predicted octanol–water partition coefficient (Wildman–Crippen LogP) is 3.08. The summed E-state index contributed by atoms with van der Waals surface area (Å²) in [5.74, 6) is -4.57. The van der Waals surface area contributed by atoms with Crippen LogP contribution in [0.4, 0.5) is 13.2 Å². The Morgan fingerprint density at radius 2 is 2.10 bits per heavy atom. The second-order valence-electron chi connectivity index (χ2n) is 5.23. The molecule has 0 aliphatic carbocycles. The summed E-state index contributed by atoms with van der Waals surface area (Å²) in [7, 11) is 0. The normalized spacial score (nSPS) is 23.4. The number of halogens is 4. The molecule has 1 heterocycles. The Morgan fingerprint density at radius 3 is 2.62 bits per heavy atom. The van der Waals surface area contributed by atoms with Crippen molar-refractivity contribution in [2.45, 2.75) is 12.6 Å². The van der Waals surface area contributed by atoms with Gasteiger partial charge in [0.1, 0.15) is 0 Å². The number of aliphatic carboxylic acids is 1. The topological polar surface area (TPSA) is 40.5 Å². The van der Waals surface area contributed by atoms with Crippen molar-refractivity contribution in [1.82, 2.24) is 4.90 Å². The van der Waals surface area contributed by atoms with Gasteiger partial charge in [0.2, 0.25) is 0 Å². The van der Waals surface area contributed by atoms with E-state index >= 15 is 0 Å². The van der Waals surface area contributed by atoms with Crippen molar-refractivity contribution in [3.05, 3.63) is 34.9 Å². The average Bonchev–Trinajstić information content (AvgIpc) is 2.81. The maximum atomic E-state index is 12.9. The van der Waals surface area contributed by atoms with E-state index in [1.54, 1.807) is 23.1 Å². The first-order chi connectivity index (χ1) is 9.77. The number of likely N-dealkylation sites (tertiary alicyclic amines) is 1. The molecule has 21 heavy (non-hydrogen) atoms. The largest absolute Gasteiger partial charge is 0.481 e. The van der Waals surface area contributed by atoms with E-state index in [1.807, 2.05) is 6.07 Å². The molecule has 1 fully saturated rings. The summed E-state index contributed by atoms with van der Waals surface area (Å²) in [5, 5.41) is 9.52. The summed E-state index contributed by atoms with van der Waals surface area (Å²) >= 11 is 5.85. The van der Waals surface area contributed by atoms with Crippen LogP contribution in [-0.4, -0.2) is 41.8 Å². The zero-order valence-corrected chi connectivity index (χ0v) is 11.9. The summed E-state index contributed by atoms with van der Waals surface area (Å²) in [4.78, 5) is 12.5. The third kappa shape index (κ3) is 4.11. The maximum absolute atomic E-state index is 12.9. The minimum Gasteiger partial charge on any atom is -0.481 e. The number of carboxylic acid groups (broad SMARTS) is 1. The summed E-state index contributed by atoms with van der Waals surface area (Å²) in [6, 6.07) is 7.10. The SMILES string of the molecule is O=C(O)[C@@H]1CN(CCc2cccc(Cl)c2)C[C@H]1C(F)(F)F. The Hall–Kier alpha value is -1.27. The molecule has 0 amide bonds. The fraction of sp³-hybridized carbons (Fsp3) is 0.500. The minimum atomic E-state index is -4.48. The number of alkyl halides is 3. The molecule has 2 atom stereocenters. The molecule has 1 aliphatic rings. The van der Waals surface area contributed by atoms with Gasteiger partial charge in [0.25, 0.3) is 0 Å². The number of carbonyl (C=O) groups is 1. The van der Waals surface area contributed by atoms with Gasteiger partial charge < -0.3 is 10.0 Å². The molecule has 1 saturated heterocycles. The average molecular weight is 322 g/mol. The lowest BCUT2D eigenvalue weighted by molar-refractivity contribution is -0.188. The van der Waals surface area contributed by atoms with E-state index in [4.69, 9.17) is 16.7 Å². The van der Waals surface area contributed by atoms with Crippen molar-refractivity contribution in [2.75, 3.05) is 19.6 Å². The fourth-order valence-corrected chi connectivity index (χ4v) is 2.84. The second-order valence-corrected chi connectivity index (χ2v) is 5.67. The van der Waals surface area contributed by atoms with Gasteiger partial charge in [0, 0.05) is 24.7 Å². The number of rotatable bonds is 4. The van der Waals surface area contributed by atoms with Gasteiger partial charge in [-0.05, 0) is 24.1 Å². The lowest BCUT2D eigenvalue weighted by Crippen LogP contribution is -2.33. The number of benzene rings is 1. The highest BCUT2D eigenvalue weighted by molar-refractivity contribution is 6.30. The van der Waals surface area contributed by atoms with Crippen molar-refractivity contribution in [2.24, 2.45) is 11.8 Å². The molecular formula is C14H15ClF3NO2. The molecule has 1 aliphatic heterocycles. The molecule has 0 bridgehead atoms. The molecule has 0 spiro atoms. The van der Waals surface area contributed by atoms with Crippen LogP contribution in [0.15, 0.2) is 24.3 Å². The molecule has 1 N–H and O–H groups in total. The van der Waals surface area contributed by atoms with E-state index in [0.29, 0.717) is 18.0 Å². The third-order valence-electron chi connectivity index (χ3n) is 3.74. The highest BCUT2D eigenvalue weighted by atomic mass is 35.5. The second kappa shape index (κ2) is 6.23. The van der Waals surface area contributed by atoms with E-state index in [-0.39, 0.29) is 13.1 Å². The van der Waals surface area contributed by atoms with Crippen molar-refractivity contribution < 1.29 is 23.1 Å². The van der Waals surface area contributed by atoms with Crippen molar-refractivity contribution >= 4 is 17.6 Å². The number of hydrogen-bond acceptors (Lipinski definition) is 2. The van der Waals surface area contributed by atoms with Crippen LogP contribution in [0.2, 0.25) is 5.02 Å². The van der Waals surface area contributed by atoms with Crippen LogP contribution in [0.5, 0.6) is 0 Å². The monoisotopic (exact) mass is 321 g/mol. The Labute approximate surface area is 125 Å². The number of hydrogen-bond donors (Lipinski definition) is 1. The third-order valence-corrected chi connectivity index (χ3v) is 3.97. The van der Waals surface area contributed by atoms with Crippen LogP contribution < -0.4 is 0 Å². The van der Waals surface area contributed by atoms with Gasteiger partial charge >= 0.3 is 12.1 Å². The van der Waals surface area contributed by atoms with E-state index in [1.165, 1.54) is 0 Å². The molecule has 0 aromatic heterocycles. The smallest absolute Gasteiger partial charge is 0.393 e. The molecule has 0 saturated carbocycles. The van der Waals surface area contributed by atoms with Crippen LogP contribution >= 0.6 is 11.6 Å². The summed E-state index contributed by atoms with van der Waals surface area (Å²) in [5.41, 5.74) is 0.921. The van der Waals surface area contributed by atoms with Gasteiger partial charge in [-0.25, -0.2) is 0 Å². The molecule has 116 valence electrons. The minimum absolute atomic E-state index is 0.0694. The Kier molecular flexibility index (Phi) is 4.78. The van der Waals surface area contributed by atoms with Crippen LogP contribution in [0, 0.1) is 11.8 Å². The molecular weight excluding hydrogens is 307 g/mol. The Bertz CT molecular complexity index is 521. The molecule has 2 rings (SSSR count). The lowest BCUT2D eigenvalue weighted by atomic mass is 9.96. The van der Waals surface area contributed by atoms with Gasteiger partial charge in [-0.2, -0.15) is 13.2 Å². The number of carboxylic acids is 1. The van der Waals surface area contributed by atoms with Crippen LogP contribution in [0.1, 0.15) is 5.56 Å². The van der Waals surface area contributed by atoms with E-state index in [0.717, 1.165) is 5.56 Å². The fourth-order valence-electron chi connectivity index (χ4n) is 2.63. The van der Waals surface area contributed by atoms with Gasteiger partial charge in [-0.15, -0.1) is 0 Å². The van der Waals surface area contributed by atoms with Crippen molar-refractivity contribution in [3.63, 3.8) is 0 Å². The van der Waals surface area contributed by atoms with Gasteiger partial charge in [-0.3, -0.25) is 4.79 Å². The summed E-state index contributed by atoms with van der Waals surface area (Å²) in [6.45, 7) is 0.0534. The van der Waals surface area contributed by atoms with Gasteiger partial charge in [0.15, 0.2) is 0 Å². The Balaban J connectivity index is 1.98. The zero-order valence-electron chi connectivity index (χ0n) is 11.1. The maximum Gasteiger partial charge on any atom is 0.393 e. The summed E-state index contributed by atoms with van der Waals surface area (Å²) < 4.78 is 38.6. The van der Waals surface area contributed by atoms with Crippen LogP contribution in [0.25, 0.3) is 0 Å². The molecule has 3 nitrogen and oxygen atoms in total. The quantitative estimate of drug-likeness (QED) is 0.926. The van der Waals surface area contributed by atoms with Crippen molar-refractivity contribution in [1.29, 1.82) is 0 Å². The molecule has 0 unspecified atom stereocenters. The van der Waals surface area contributed by atoms with E-state index in [9.17, 15) is 18.0 Å². The van der Waals surface area contributed by atoms with Crippen LogP contribution in [-0.2, 0) is 11.2 Å². The molecule has 7 heteroatoms. The highest BCUT2D eigenvalue weighted by Gasteiger charge is 2.52. The predicted molar refractivity (Wildman–Crippen MR) is 72.3 cm³/mol. The summed E-state index contributed by atoms with van der Waals surface area (Å²) in [6.07, 6.45) is -3.94. The standard InChI is InChI=1S/C14H15ClF3NO2/c15-10-3-1-2-9(6-10)4-5-19-7-11(13(20)21)12(8-19)14(16,17)18/h1-3,6,11-12H,4-5,7-8H2,(H,20,21)/t11-,12-/m1/s1. The first-order valence-electron chi connectivity index (χ1n) is 6.53. The molecule has 0 radical (unpaired) electrons. The van der Waals surface area contributed by atoms with E-state index < -0.39 is 24.0 Å². The van der Waals surface area contributed by atoms with Crippen molar-refractivity contribution in [3.8, 4) is 0 Å². The number of nitrogens with zero attached hydrogens (tertiary/aromatic N) is 1. The lowest BCUT2D eigenvalue weighted by Gasteiger charge is -2.18. The van der Waals surface area contributed by atoms with Crippen LogP contribution in [0.3, 0.4) is 0 Å². The first-order valence-corrected chi connectivity index (χ1v) is 6.91. The Morgan fingerprint density at radius 1 is 1.38 bits per heavy atom. The highest BCUT2D eigenvalue weighted by Crippen LogP contribution is 2.37. The van der Waals surface area contributed by atoms with Gasteiger partial charge in [0.05, 0.1) is 11.8 Å². The first kappa shape index (κ1) is 16.1. The van der Waals surface area contributed by atoms with Gasteiger partial charge in [-0.1, -0.05) is 23.7 Å². The van der Waals surface area contributed by atoms with E-state index in [2.05, 4.69) is 0 Å². The molecule has 1 aromatic rings. The molecule has 1 aromatic carbocycles. The zero-order chi connectivity index (χ0) is 15.6.